The molecule has 3 heterocycles. The standard InChI is InChI=1S/C17H16Cl2N4O5/c18-12-2-1-11(7-13(12)19)27-9-15(24)21-5-3-17(4-6-21)10-22-8-14(23(25)26)20-16(22)28-17/h1-2,7-8H,3-6,9-10H2. The molecule has 28 heavy (non-hydrogen) atoms. The number of amides is 1. The van der Waals surface area contributed by atoms with E-state index in [1.807, 2.05) is 0 Å². The lowest BCUT2D eigenvalue weighted by atomic mass is 9.91. The van der Waals surface area contributed by atoms with Gasteiger partial charge in [-0.2, -0.15) is 0 Å². The van der Waals surface area contributed by atoms with Crippen molar-refractivity contribution in [1.29, 1.82) is 0 Å². The van der Waals surface area contributed by atoms with Crippen LogP contribution in [0.3, 0.4) is 0 Å². The molecule has 1 saturated heterocycles. The van der Waals surface area contributed by atoms with E-state index in [2.05, 4.69) is 4.98 Å². The van der Waals surface area contributed by atoms with Crippen LogP contribution in [0.4, 0.5) is 5.82 Å². The van der Waals surface area contributed by atoms with Gasteiger partial charge in [0.15, 0.2) is 6.61 Å². The summed E-state index contributed by atoms with van der Waals surface area (Å²) in [6, 6.07) is 5.09. The van der Waals surface area contributed by atoms with E-state index in [4.69, 9.17) is 32.7 Å². The molecule has 0 aliphatic carbocycles. The molecule has 2 aliphatic rings. The van der Waals surface area contributed by atoms with E-state index in [9.17, 15) is 14.9 Å². The van der Waals surface area contributed by atoms with E-state index in [-0.39, 0.29) is 24.3 Å². The molecule has 0 N–H and O–H groups in total. The zero-order valence-corrected chi connectivity index (χ0v) is 16.1. The van der Waals surface area contributed by atoms with Gasteiger partial charge < -0.3 is 24.5 Å². The molecule has 9 nitrogen and oxygen atoms in total. The predicted octanol–water partition coefficient (Wildman–Crippen LogP) is 2.93. The molecular formula is C17H16Cl2N4O5. The van der Waals surface area contributed by atoms with Crippen molar-refractivity contribution in [3.8, 4) is 11.8 Å². The Kier molecular flexibility index (Phi) is 4.80. The van der Waals surface area contributed by atoms with Gasteiger partial charge in [0.1, 0.15) is 17.5 Å². The molecule has 148 valence electrons. The summed E-state index contributed by atoms with van der Waals surface area (Å²) in [4.78, 5) is 28.3. The van der Waals surface area contributed by atoms with Crippen molar-refractivity contribution in [3.63, 3.8) is 0 Å². The zero-order chi connectivity index (χ0) is 19.9. The lowest BCUT2D eigenvalue weighted by Crippen LogP contribution is -2.50. The fraction of sp³-hybridized carbons (Fsp3) is 0.412. The second-order valence-corrected chi connectivity index (χ2v) is 7.61. The van der Waals surface area contributed by atoms with Crippen LogP contribution in [0.2, 0.25) is 10.0 Å². The normalized spacial score (nSPS) is 17.3. The summed E-state index contributed by atoms with van der Waals surface area (Å²) >= 11 is 11.8. The molecular weight excluding hydrogens is 411 g/mol. The molecule has 11 heteroatoms. The molecule has 0 radical (unpaired) electrons. The van der Waals surface area contributed by atoms with Crippen LogP contribution in [-0.2, 0) is 11.3 Å². The van der Waals surface area contributed by atoms with Gasteiger partial charge in [0.25, 0.3) is 5.91 Å². The molecule has 2 aliphatic heterocycles. The highest BCUT2D eigenvalue weighted by Gasteiger charge is 2.46. The van der Waals surface area contributed by atoms with E-state index < -0.39 is 10.5 Å². The molecule has 1 fully saturated rings. The van der Waals surface area contributed by atoms with Crippen LogP contribution in [0.15, 0.2) is 24.4 Å². The lowest BCUT2D eigenvalue weighted by Gasteiger charge is -2.37. The van der Waals surface area contributed by atoms with Gasteiger partial charge in [0.2, 0.25) is 0 Å². The molecule has 1 aromatic heterocycles. The maximum absolute atomic E-state index is 12.4. The van der Waals surface area contributed by atoms with Gasteiger partial charge >= 0.3 is 11.8 Å². The van der Waals surface area contributed by atoms with Crippen LogP contribution in [0.1, 0.15) is 12.8 Å². The molecule has 2 aromatic rings. The van der Waals surface area contributed by atoms with Crippen molar-refractivity contribution in [2.45, 2.75) is 25.0 Å². The van der Waals surface area contributed by atoms with Crippen molar-refractivity contribution in [2.75, 3.05) is 19.7 Å². The van der Waals surface area contributed by atoms with Gasteiger partial charge in [-0.25, -0.2) is 0 Å². The summed E-state index contributed by atoms with van der Waals surface area (Å²) < 4.78 is 13.1. The van der Waals surface area contributed by atoms with Crippen molar-refractivity contribution in [3.05, 3.63) is 44.6 Å². The van der Waals surface area contributed by atoms with E-state index in [0.29, 0.717) is 48.3 Å². The first-order chi connectivity index (χ1) is 13.3. The SMILES string of the molecule is O=C(COc1ccc(Cl)c(Cl)c1)N1CCC2(CC1)Cn1cc([N+](=O)[O-])nc1O2. The Labute approximate surface area is 169 Å². The van der Waals surface area contributed by atoms with Crippen LogP contribution >= 0.6 is 23.2 Å². The molecule has 0 bridgehead atoms. The molecule has 0 saturated carbocycles. The number of likely N-dealkylation sites (tertiary alicyclic amines) is 1. The topological polar surface area (TPSA) is 99.7 Å². The number of hydrogen-bond donors (Lipinski definition) is 0. The number of nitrogens with zero attached hydrogens (tertiary/aromatic N) is 4. The second kappa shape index (κ2) is 7.14. The number of hydrogen-bond acceptors (Lipinski definition) is 6. The van der Waals surface area contributed by atoms with Gasteiger partial charge in [-0.1, -0.05) is 23.2 Å². The van der Waals surface area contributed by atoms with E-state index in [1.165, 1.54) is 6.20 Å². The Bertz CT molecular complexity index is 914. The third kappa shape index (κ3) is 3.59. The first kappa shape index (κ1) is 18.8. The van der Waals surface area contributed by atoms with Crippen molar-refractivity contribution in [1.82, 2.24) is 14.5 Å². The third-order valence-corrected chi connectivity index (χ3v) is 5.70. The van der Waals surface area contributed by atoms with Crippen LogP contribution in [0.5, 0.6) is 11.8 Å². The summed E-state index contributed by atoms with van der Waals surface area (Å²) in [5, 5.41) is 11.6. The largest absolute Gasteiger partial charge is 0.484 e. The average molecular weight is 427 g/mol. The number of rotatable bonds is 4. The fourth-order valence-corrected chi connectivity index (χ4v) is 3.72. The van der Waals surface area contributed by atoms with Crippen LogP contribution < -0.4 is 9.47 Å². The number of halogens is 2. The van der Waals surface area contributed by atoms with E-state index >= 15 is 0 Å². The zero-order valence-electron chi connectivity index (χ0n) is 14.6. The number of fused-ring (bicyclic) bond motifs is 1. The van der Waals surface area contributed by atoms with Gasteiger partial charge in [-0.05, 0) is 17.1 Å². The molecule has 0 atom stereocenters. The van der Waals surface area contributed by atoms with E-state index in [1.54, 1.807) is 27.7 Å². The minimum Gasteiger partial charge on any atom is -0.484 e. The first-order valence-corrected chi connectivity index (χ1v) is 9.37. The number of imidazole rings is 1. The highest BCUT2D eigenvalue weighted by Crippen LogP contribution is 2.37. The Morgan fingerprint density at radius 1 is 1.32 bits per heavy atom. The van der Waals surface area contributed by atoms with Crippen molar-refractivity contribution >= 4 is 34.9 Å². The summed E-state index contributed by atoms with van der Waals surface area (Å²) in [6.45, 7) is 1.41. The Morgan fingerprint density at radius 3 is 2.71 bits per heavy atom. The maximum Gasteiger partial charge on any atom is 0.415 e. The number of carbonyl (C=O) groups is 1. The number of piperidine rings is 1. The van der Waals surface area contributed by atoms with Gasteiger partial charge in [0, 0.05) is 37.0 Å². The lowest BCUT2D eigenvalue weighted by molar-refractivity contribution is -0.389. The molecule has 1 spiro atoms. The number of ether oxygens (including phenoxy) is 2. The molecule has 0 unspecified atom stereocenters. The van der Waals surface area contributed by atoms with Gasteiger partial charge in [0.05, 0.1) is 16.6 Å². The number of aromatic nitrogens is 2. The summed E-state index contributed by atoms with van der Waals surface area (Å²) in [6.07, 6.45) is 2.61. The minimum atomic E-state index is -0.545. The smallest absolute Gasteiger partial charge is 0.415 e. The van der Waals surface area contributed by atoms with Crippen molar-refractivity contribution in [2.24, 2.45) is 0 Å². The molecule has 4 rings (SSSR count). The quantitative estimate of drug-likeness (QED) is 0.550. The molecule has 1 amide bonds. The number of benzene rings is 1. The van der Waals surface area contributed by atoms with Crippen LogP contribution in [-0.4, -0.2) is 50.6 Å². The predicted molar refractivity (Wildman–Crippen MR) is 100 cm³/mol. The second-order valence-electron chi connectivity index (χ2n) is 6.80. The fourth-order valence-electron chi connectivity index (χ4n) is 3.43. The monoisotopic (exact) mass is 426 g/mol. The summed E-state index contributed by atoms with van der Waals surface area (Å²) in [5.41, 5.74) is -0.473. The minimum absolute atomic E-state index is 0.0976. The van der Waals surface area contributed by atoms with Crippen LogP contribution in [0.25, 0.3) is 0 Å². The molecule has 1 aromatic carbocycles. The Balaban J connectivity index is 1.30. The highest BCUT2D eigenvalue weighted by atomic mass is 35.5. The Hall–Kier alpha value is -2.52. The van der Waals surface area contributed by atoms with Gasteiger partial charge in [-0.3, -0.25) is 9.36 Å². The third-order valence-electron chi connectivity index (χ3n) is 4.96. The number of nitro groups is 1. The number of carbonyl (C=O) groups excluding carboxylic acids is 1. The van der Waals surface area contributed by atoms with Crippen LogP contribution in [0, 0.1) is 10.1 Å². The van der Waals surface area contributed by atoms with Gasteiger partial charge in [-0.15, -0.1) is 0 Å². The summed E-state index contributed by atoms with van der Waals surface area (Å²) in [7, 11) is 0. The summed E-state index contributed by atoms with van der Waals surface area (Å²) in [5.74, 6) is 0.117. The van der Waals surface area contributed by atoms with E-state index in [0.717, 1.165) is 0 Å². The van der Waals surface area contributed by atoms with Crippen molar-refractivity contribution < 1.29 is 19.2 Å². The average Bonchev–Trinajstić information content (AvgIpc) is 3.19. The maximum atomic E-state index is 12.4. The Morgan fingerprint density at radius 2 is 2.07 bits per heavy atom. The highest BCUT2D eigenvalue weighted by molar-refractivity contribution is 6.42. The first-order valence-electron chi connectivity index (χ1n) is 8.61.